The van der Waals surface area contributed by atoms with Crippen molar-refractivity contribution in [1.29, 1.82) is 0 Å². The van der Waals surface area contributed by atoms with E-state index >= 15 is 9.59 Å². The van der Waals surface area contributed by atoms with E-state index in [1.165, 1.54) is 57.8 Å². The third kappa shape index (κ3) is 14.6. The van der Waals surface area contributed by atoms with E-state index in [0.29, 0.717) is 154 Å². The summed E-state index contributed by atoms with van der Waals surface area (Å²) in [6, 6.07) is 0. The van der Waals surface area contributed by atoms with Gasteiger partial charge in [0.25, 0.3) is 12.9 Å². The zero-order chi connectivity index (χ0) is 99.1. The number of aliphatic hydroxyl groups excluding tert-OH is 2. The number of carboxylic acids is 1. The van der Waals surface area contributed by atoms with E-state index in [2.05, 4.69) is 166 Å². The predicted molar refractivity (Wildman–Crippen MR) is 541 cm³/mol. The van der Waals surface area contributed by atoms with Gasteiger partial charge in [0.05, 0.1) is 21.7 Å². The molecule has 0 saturated heterocycles. The molecular weight excluding hydrogens is 1720 g/mol. The van der Waals surface area contributed by atoms with Crippen LogP contribution in [-0.2, 0) is 52.5 Å². The predicted octanol–water partition coefficient (Wildman–Crippen LogP) is 27.3. The molecule has 138 heavy (non-hydrogen) atoms. The number of rotatable bonds is 17. The zero-order valence-corrected chi connectivity index (χ0v) is 90.3. The van der Waals surface area contributed by atoms with Gasteiger partial charge in [0.2, 0.25) is 6.79 Å². The van der Waals surface area contributed by atoms with Crippen molar-refractivity contribution in [2.45, 2.75) is 409 Å². The van der Waals surface area contributed by atoms with Crippen molar-refractivity contribution >= 4 is 36.8 Å². The average molecular weight is 1900 g/mol. The Balaban J connectivity index is 0.000000215. The van der Waals surface area contributed by atoms with Gasteiger partial charge in [0.1, 0.15) is 18.0 Å². The van der Waals surface area contributed by atoms with Crippen LogP contribution in [0, 0.1) is 232 Å². The summed E-state index contributed by atoms with van der Waals surface area (Å²) >= 11 is 0. The van der Waals surface area contributed by atoms with E-state index in [1.807, 2.05) is 16.7 Å². The normalized spacial score (nSPS) is 47.9. The Labute approximate surface area is 832 Å². The first-order valence-corrected chi connectivity index (χ1v) is 57.4. The van der Waals surface area contributed by atoms with Crippen molar-refractivity contribution in [2.24, 2.45) is 232 Å². The Kier molecular flexibility index (Phi) is 26.6. The molecule has 15 nitrogen and oxygen atoms in total. The first-order valence-electron chi connectivity index (χ1n) is 57.4. The van der Waals surface area contributed by atoms with Crippen LogP contribution in [0.2, 0.25) is 0 Å². The van der Waals surface area contributed by atoms with E-state index in [-0.39, 0.29) is 86.5 Å². The summed E-state index contributed by atoms with van der Waals surface area (Å²) in [5.74, 6) is 11.8. The van der Waals surface area contributed by atoms with Gasteiger partial charge in [-0.3, -0.25) is 28.8 Å². The van der Waals surface area contributed by atoms with Gasteiger partial charge in [-0.1, -0.05) is 217 Å². The summed E-state index contributed by atoms with van der Waals surface area (Å²) < 4.78 is 31.3. The van der Waals surface area contributed by atoms with E-state index < -0.39 is 46.8 Å². The first kappa shape index (κ1) is 102. The van der Waals surface area contributed by atoms with E-state index in [1.54, 1.807) is 50.2 Å². The summed E-state index contributed by atoms with van der Waals surface area (Å²) in [5, 5.41) is 35.1. The summed E-state index contributed by atoms with van der Waals surface area (Å²) in [4.78, 5) is 83.1. The maximum absolute atomic E-state index is 15.7. The number of hydrogen-bond donors (Lipinski definition) is 4. The zero-order valence-electron chi connectivity index (χ0n) is 90.3. The molecule has 15 heteroatoms. The van der Waals surface area contributed by atoms with Gasteiger partial charge < -0.3 is 44.1 Å². The monoisotopic (exact) mass is 1900 g/mol. The van der Waals surface area contributed by atoms with Gasteiger partial charge in [-0.05, 0) is 445 Å². The van der Waals surface area contributed by atoms with Crippen LogP contribution in [-0.4, -0.2) is 88.8 Å². The molecule has 36 atom stereocenters. The van der Waals surface area contributed by atoms with Crippen LogP contribution in [0.25, 0.3) is 0 Å². The van der Waals surface area contributed by atoms with Crippen molar-refractivity contribution in [3.05, 3.63) is 66.9 Å². The number of aliphatic hydroxyl groups is 3. The molecule has 768 valence electrons. The number of fused-ring (bicyclic) bond motifs is 18. The largest absolute Gasteiger partial charge is 0.481 e. The Hall–Kier alpha value is -4.86. The highest BCUT2D eigenvalue weighted by Crippen LogP contribution is 2.82. The van der Waals surface area contributed by atoms with Gasteiger partial charge in [0.15, 0.2) is 6.79 Å². The Morgan fingerprint density at radius 3 is 0.703 bits per heavy atom. The van der Waals surface area contributed by atoms with E-state index in [0.717, 1.165) is 186 Å². The van der Waals surface area contributed by atoms with Gasteiger partial charge in [-0.25, -0.2) is 0 Å². The number of carbonyl (C=O) groups is 6. The summed E-state index contributed by atoms with van der Waals surface area (Å²) in [6.07, 6.45) is 38.7. The molecule has 15 fully saturated rings. The lowest BCUT2D eigenvalue weighted by molar-refractivity contribution is -0.206. The lowest BCUT2D eigenvalue weighted by atomic mass is 9.34. The topological polar surface area (TPSA) is 229 Å². The van der Waals surface area contributed by atoms with Crippen LogP contribution in [0.15, 0.2) is 66.9 Å². The highest BCUT2D eigenvalue weighted by molar-refractivity contribution is 5.80. The lowest BCUT2D eigenvalue weighted by Gasteiger charge is -2.70. The molecule has 0 bridgehead atoms. The molecule has 0 spiro atoms. The number of ether oxygens (including phenoxy) is 5. The number of hydrogen-bond acceptors (Lipinski definition) is 14. The quantitative estimate of drug-likeness (QED) is 0.0349. The summed E-state index contributed by atoms with van der Waals surface area (Å²) in [6.45, 7) is 58.0. The maximum atomic E-state index is 15.7. The van der Waals surface area contributed by atoms with Crippen molar-refractivity contribution in [3.8, 4) is 0 Å². The maximum Gasteiger partial charge on any atom is 0.314 e. The number of allylic oxidation sites excluding steroid dienone is 12. The van der Waals surface area contributed by atoms with E-state index in [9.17, 15) is 29.4 Å². The summed E-state index contributed by atoms with van der Waals surface area (Å²) in [7, 11) is 0. The Bertz CT molecular complexity index is 4960. The van der Waals surface area contributed by atoms with Crippen LogP contribution in [0.1, 0.15) is 397 Å². The number of esters is 3. The Morgan fingerprint density at radius 2 is 0.493 bits per heavy atom. The lowest BCUT2D eigenvalue weighted by Crippen LogP contribution is -2.65. The molecule has 0 aromatic carbocycles. The SMILES string of the molecule is CC(C)C1=C2C3CC4C(C)(C(=O)O)CCCC4(C)C4CCC(C(C)C)=C(C5CC6C(C)(OC=O)CCCC6(C)C(CC1)C25)C34.CC(C)C1=C2C3CC4C(C)(C(=O)OCOC(=O)C5(C)CCCC6(C)C7CCC(C(C)C)=C8C9CC%10C(C)(C(=O)OCO)CCCC%10(C)C%10CCC(C(C)C)=C(C(CC56)C87)C9%10)CCCC4(C)C4CCC(C(C)C)=C(C5CC6C(C)(OC=O)CCCC6(C)C(CC1)C25)C34.OCO. The number of carboxylic acid groups (broad SMARTS) is 1. The average Bonchev–Trinajstić information content (AvgIpc) is 0.681. The molecule has 21 aliphatic rings. The fraction of sp³-hybridized carbons (Fsp3) is 0.854. The highest BCUT2D eigenvalue weighted by atomic mass is 16.7. The molecule has 0 radical (unpaired) electrons. The smallest absolute Gasteiger partial charge is 0.314 e. The van der Waals surface area contributed by atoms with Gasteiger partial charge in [0, 0.05) is 11.8 Å². The molecule has 21 rings (SSSR count). The highest BCUT2D eigenvalue weighted by Gasteiger charge is 2.76. The molecule has 15 saturated carbocycles. The molecule has 0 aromatic heterocycles. The number of carbonyl (C=O) groups excluding carboxylic acids is 5. The van der Waals surface area contributed by atoms with Crippen molar-refractivity contribution < 1.29 is 72.9 Å². The minimum absolute atomic E-state index is 0.0279. The molecule has 21 aliphatic carbocycles. The fourth-order valence-corrected chi connectivity index (χ4v) is 44.2. The molecule has 4 N–H and O–H groups in total. The molecule has 0 amide bonds. The van der Waals surface area contributed by atoms with Crippen LogP contribution < -0.4 is 0 Å². The van der Waals surface area contributed by atoms with Crippen LogP contribution in [0.5, 0.6) is 0 Å². The molecular formula is C123H186O15. The standard InChI is InChI=1S/C82H122O9.C40H60O4.CH4O2/c1-44(2)48-22-26-57-69-53(65-49(45(3)4)21-25-56-68(65)52(64(48)69)37-60-75(56,9)29-17-33-79(60,13)72(85)88-41-83)38-61-76(57,10)30-18-34-80(61,14)73(86)89-43-90-74(87)81(15)35-19-31-77(11)58-27-23-51(47(7)8)67-55-40-63-78(12,32-20-36-82(63,16)91-42-84)59-28-24-50(46(5)6)66(71(55)59)54(70(58)67)39-62(77)81;1-22(2)24-12-14-29-35-27(20-31-38(29,6)16-10-18-40(31,8)44-21-41)33-25(23(3)4)11-13-28-34(33)26(32(24)35)19-30-37(28,5)15-9-17-39(30,7)36(42)43;2-1-3/h42,44-47,52-63,68-71,83H,17-41,43H2,1-16H3;21-23,26-31,34-35H,9-20H2,1-8H3,(H,42,43);2-3H,1H2. The first-order chi connectivity index (χ1) is 65.2. The van der Waals surface area contributed by atoms with Crippen molar-refractivity contribution in [1.82, 2.24) is 0 Å². The number of aliphatic carboxylic acids is 1. The molecule has 0 heterocycles. The molecule has 0 aliphatic heterocycles. The van der Waals surface area contributed by atoms with Crippen LogP contribution >= 0.6 is 0 Å². The second kappa shape index (κ2) is 36.0. The van der Waals surface area contributed by atoms with Crippen LogP contribution in [0.4, 0.5) is 0 Å². The molecule has 0 aromatic rings. The fourth-order valence-electron chi connectivity index (χ4n) is 44.2. The minimum atomic E-state index is -0.750. The second-order valence-corrected chi connectivity index (χ2v) is 56.1. The van der Waals surface area contributed by atoms with Crippen molar-refractivity contribution in [3.63, 3.8) is 0 Å². The third-order valence-corrected chi connectivity index (χ3v) is 49.4. The van der Waals surface area contributed by atoms with Crippen LogP contribution in [0.3, 0.4) is 0 Å². The van der Waals surface area contributed by atoms with Crippen molar-refractivity contribution in [2.75, 3.05) is 20.4 Å². The van der Waals surface area contributed by atoms with Gasteiger partial charge in [-0.15, -0.1) is 0 Å². The second-order valence-electron chi connectivity index (χ2n) is 56.1. The van der Waals surface area contributed by atoms with E-state index in [4.69, 9.17) is 33.9 Å². The summed E-state index contributed by atoms with van der Waals surface area (Å²) in [5.41, 5.74) is 17.7. The minimum Gasteiger partial charge on any atom is -0.481 e. The molecule has 36 unspecified atom stereocenters. The van der Waals surface area contributed by atoms with Gasteiger partial charge >= 0.3 is 23.9 Å². The third-order valence-electron chi connectivity index (χ3n) is 49.4. The van der Waals surface area contributed by atoms with Gasteiger partial charge in [-0.2, -0.15) is 0 Å². The Morgan fingerprint density at radius 1 is 0.297 bits per heavy atom.